The van der Waals surface area contributed by atoms with E-state index >= 15 is 0 Å². The van der Waals surface area contributed by atoms with Gasteiger partial charge in [-0.3, -0.25) is 19.2 Å². The quantitative estimate of drug-likeness (QED) is 0.649. The third-order valence-corrected chi connectivity index (χ3v) is 7.35. The van der Waals surface area contributed by atoms with E-state index in [2.05, 4.69) is 22.2 Å². The topological polar surface area (TPSA) is 90.8 Å². The highest BCUT2D eigenvalue weighted by atomic mass is 16.2. The van der Waals surface area contributed by atoms with Gasteiger partial charge in [-0.15, -0.1) is 0 Å². The molecule has 1 atom stereocenters. The second-order valence-electron chi connectivity index (χ2n) is 9.63. The summed E-state index contributed by atoms with van der Waals surface area (Å²) < 4.78 is 1.81. The van der Waals surface area contributed by atoms with Gasteiger partial charge in [0.05, 0.1) is 6.04 Å². The van der Waals surface area contributed by atoms with Crippen LogP contribution in [0, 0.1) is 5.92 Å². The Morgan fingerprint density at radius 1 is 1.22 bits per heavy atom. The second kappa shape index (κ2) is 9.60. The molecular weight excluding hydrogens is 408 g/mol. The molecule has 4 amide bonds. The van der Waals surface area contributed by atoms with Crippen LogP contribution in [0.25, 0.3) is 0 Å². The van der Waals surface area contributed by atoms with Gasteiger partial charge in [0.15, 0.2) is 0 Å². The maximum Gasteiger partial charge on any atom is 0.325 e. The zero-order valence-corrected chi connectivity index (χ0v) is 19.3. The summed E-state index contributed by atoms with van der Waals surface area (Å²) in [5, 5.41) is 7.24. The number of amides is 4. The number of nitrogens with zero attached hydrogens (tertiary/aromatic N) is 5. The lowest BCUT2D eigenvalue weighted by atomic mass is 9.87. The SMILES string of the molecule is CCCN1CCC2(CC1)NC(=O)N(CC1CCN(C(=O)CC(C)n3cccn3)CC1)C2=O. The van der Waals surface area contributed by atoms with Crippen molar-refractivity contribution in [1.29, 1.82) is 0 Å². The smallest absolute Gasteiger partial charge is 0.325 e. The zero-order chi connectivity index (χ0) is 22.7. The molecule has 9 nitrogen and oxygen atoms in total. The van der Waals surface area contributed by atoms with Crippen molar-refractivity contribution in [3.8, 4) is 0 Å². The van der Waals surface area contributed by atoms with Crippen LogP contribution in [-0.4, -0.2) is 87.1 Å². The summed E-state index contributed by atoms with van der Waals surface area (Å²) in [6.07, 6.45) is 8.14. The molecule has 3 saturated heterocycles. The van der Waals surface area contributed by atoms with E-state index < -0.39 is 5.54 Å². The van der Waals surface area contributed by atoms with E-state index in [-0.39, 0.29) is 29.8 Å². The van der Waals surface area contributed by atoms with Gasteiger partial charge in [0.2, 0.25) is 5.91 Å². The number of rotatable bonds is 7. The lowest BCUT2D eigenvalue weighted by Crippen LogP contribution is -2.55. The third kappa shape index (κ3) is 4.67. The first-order valence-electron chi connectivity index (χ1n) is 12.0. The Hall–Kier alpha value is -2.42. The molecule has 3 aliphatic rings. The van der Waals surface area contributed by atoms with Gasteiger partial charge in [-0.2, -0.15) is 5.10 Å². The van der Waals surface area contributed by atoms with Crippen LogP contribution in [0.1, 0.15) is 58.4 Å². The first-order valence-corrected chi connectivity index (χ1v) is 12.0. The van der Waals surface area contributed by atoms with Crippen molar-refractivity contribution in [1.82, 2.24) is 29.8 Å². The number of urea groups is 1. The molecule has 9 heteroatoms. The molecule has 32 heavy (non-hydrogen) atoms. The van der Waals surface area contributed by atoms with Gasteiger partial charge in [-0.1, -0.05) is 6.92 Å². The average Bonchev–Trinajstić information content (AvgIpc) is 3.40. The molecule has 0 aliphatic carbocycles. The van der Waals surface area contributed by atoms with Gasteiger partial charge in [0.25, 0.3) is 5.91 Å². The van der Waals surface area contributed by atoms with Crippen molar-refractivity contribution in [3.63, 3.8) is 0 Å². The summed E-state index contributed by atoms with van der Waals surface area (Å²) >= 11 is 0. The number of aromatic nitrogens is 2. The number of hydrogen-bond acceptors (Lipinski definition) is 5. The van der Waals surface area contributed by atoms with Crippen LogP contribution in [0.15, 0.2) is 18.5 Å². The van der Waals surface area contributed by atoms with Crippen molar-refractivity contribution in [2.75, 3.05) is 39.3 Å². The Balaban J connectivity index is 1.25. The monoisotopic (exact) mass is 444 g/mol. The molecule has 3 fully saturated rings. The van der Waals surface area contributed by atoms with Crippen molar-refractivity contribution in [2.45, 2.75) is 64.0 Å². The van der Waals surface area contributed by atoms with Crippen molar-refractivity contribution >= 4 is 17.8 Å². The Morgan fingerprint density at radius 3 is 2.56 bits per heavy atom. The molecule has 1 aromatic heterocycles. The minimum absolute atomic E-state index is 0.0288. The van der Waals surface area contributed by atoms with Gasteiger partial charge < -0.3 is 15.1 Å². The molecule has 0 aromatic carbocycles. The lowest BCUT2D eigenvalue weighted by Gasteiger charge is -2.37. The standard InChI is InChI=1S/C23H36N6O3/c1-3-10-26-14-7-23(8-15-26)21(31)28(22(32)25-23)17-19-5-12-27(13-6-19)20(30)16-18(2)29-11-4-9-24-29/h4,9,11,18-19H,3,5-8,10,12-17H2,1-2H3,(H,25,32). The molecule has 4 heterocycles. The summed E-state index contributed by atoms with van der Waals surface area (Å²) in [6, 6.07) is 1.65. The average molecular weight is 445 g/mol. The number of likely N-dealkylation sites (tertiary alicyclic amines) is 2. The summed E-state index contributed by atoms with van der Waals surface area (Å²) in [5.41, 5.74) is -0.708. The number of carbonyl (C=O) groups excluding carboxylic acids is 3. The van der Waals surface area contributed by atoms with E-state index in [1.54, 1.807) is 6.20 Å². The Morgan fingerprint density at radius 2 is 1.94 bits per heavy atom. The summed E-state index contributed by atoms with van der Waals surface area (Å²) in [7, 11) is 0. The number of hydrogen-bond donors (Lipinski definition) is 1. The van der Waals surface area contributed by atoms with Crippen LogP contribution >= 0.6 is 0 Å². The van der Waals surface area contributed by atoms with E-state index in [1.165, 1.54) is 4.90 Å². The Kier molecular flexibility index (Phi) is 6.83. The van der Waals surface area contributed by atoms with Crippen LogP contribution in [0.2, 0.25) is 0 Å². The Bertz CT molecular complexity index is 810. The fourth-order valence-electron chi connectivity index (χ4n) is 5.30. The zero-order valence-electron chi connectivity index (χ0n) is 19.3. The molecule has 176 valence electrons. The van der Waals surface area contributed by atoms with Gasteiger partial charge >= 0.3 is 6.03 Å². The Labute approximate surface area is 190 Å². The fraction of sp³-hybridized carbons (Fsp3) is 0.739. The molecule has 4 rings (SSSR count). The summed E-state index contributed by atoms with van der Waals surface area (Å²) in [4.78, 5) is 44.2. The predicted molar refractivity (Wildman–Crippen MR) is 120 cm³/mol. The third-order valence-electron chi connectivity index (χ3n) is 7.35. The molecule has 3 aliphatic heterocycles. The first-order chi connectivity index (χ1) is 15.4. The van der Waals surface area contributed by atoms with Crippen molar-refractivity contribution in [2.24, 2.45) is 5.92 Å². The molecule has 1 unspecified atom stereocenters. The summed E-state index contributed by atoms with van der Waals surface area (Å²) in [6.45, 7) is 8.71. The van der Waals surface area contributed by atoms with Gasteiger partial charge in [0, 0.05) is 51.5 Å². The second-order valence-corrected chi connectivity index (χ2v) is 9.63. The molecule has 1 spiro atoms. The number of carbonyl (C=O) groups is 3. The first kappa shape index (κ1) is 22.8. The van der Waals surface area contributed by atoms with E-state index in [0.29, 0.717) is 38.9 Å². The molecule has 1 aromatic rings. The van der Waals surface area contributed by atoms with Gasteiger partial charge in [-0.25, -0.2) is 4.79 Å². The van der Waals surface area contributed by atoms with E-state index in [9.17, 15) is 14.4 Å². The summed E-state index contributed by atoms with van der Waals surface area (Å²) in [5.74, 6) is 0.331. The highest BCUT2D eigenvalue weighted by Gasteiger charge is 2.52. The van der Waals surface area contributed by atoms with E-state index in [1.807, 2.05) is 28.8 Å². The lowest BCUT2D eigenvalue weighted by molar-refractivity contribution is -0.135. The highest BCUT2D eigenvalue weighted by Crippen LogP contribution is 2.31. The van der Waals surface area contributed by atoms with Gasteiger partial charge in [-0.05, 0) is 57.6 Å². The van der Waals surface area contributed by atoms with Crippen LogP contribution in [-0.2, 0) is 9.59 Å². The van der Waals surface area contributed by atoms with E-state index in [0.717, 1.165) is 38.9 Å². The number of nitrogens with one attached hydrogen (secondary N) is 1. The minimum Gasteiger partial charge on any atom is -0.343 e. The normalized spacial score (nSPS) is 23.1. The molecule has 0 radical (unpaired) electrons. The molecule has 0 bridgehead atoms. The minimum atomic E-state index is -0.708. The van der Waals surface area contributed by atoms with Crippen molar-refractivity contribution < 1.29 is 14.4 Å². The van der Waals surface area contributed by atoms with Crippen LogP contribution in [0.3, 0.4) is 0 Å². The number of piperidine rings is 2. The molecular formula is C23H36N6O3. The van der Waals surface area contributed by atoms with Crippen LogP contribution in [0.5, 0.6) is 0 Å². The maximum atomic E-state index is 13.2. The molecule has 1 N–H and O–H groups in total. The fourth-order valence-corrected chi connectivity index (χ4v) is 5.30. The maximum absolute atomic E-state index is 13.2. The molecule has 0 saturated carbocycles. The van der Waals surface area contributed by atoms with Crippen LogP contribution < -0.4 is 5.32 Å². The van der Waals surface area contributed by atoms with Crippen molar-refractivity contribution in [3.05, 3.63) is 18.5 Å². The van der Waals surface area contributed by atoms with E-state index in [4.69, 9.17) is 0 Å². The predicted octanol–water partition coefficient (Wildman–Crippen LogP) is 1.87. The number of imide groups is 1. The largest absolute Gasteiger partial charge is 0.343 e. The van der Waals surface area contributed by atoms with Crippen LogP contribution in [0.4, 0.5) is 4.79 Å². The van der Waals surface area contributed by atoms with Gasteiger partial charge in [0.1, 0.15) is 5.54 Å². The highest BCUT2D eigenvalue weighted by molar-refractivity contribution is 6.07.